The lowest BCUT2D eigenvalue weighted by Crippen LogP contribution is -2.26. The number of amides is 1. The number of pyridine rings is 1. The van der Waals surface area contributed by atoms with Crippen molar-refractivity contribution in [3.05, 3.63) is 58.6 Å². The number of furan rings is 1. The summed E-state index contributed by atoms with van der Waals surface area (Å²) in [5, 5.41) is 0.423. The van der Waals surface area contributed by atoms with Gasteiger partial charge in [0.1, 0.15) is 17.4 Å². The molecule has 9 heteroatoms. The number of rotatable bonds is 6. The van der Waals surface area contributed by atoms with Crippen molar-refractivity contribution in [3.63, 3.8) is 0 Å². The van der Waals surface area contributed by atoms with E-state index in [1.807, 2.05) is 6.92 Å². The van der Waals surface area contributed by atoms with Crippen molar-refractivity contribution in [1.82, 2.24) is 4.98 Å². The molecule has 28 heavy (non-hydrogen) atoms. The zero-order valence-electron chi connectivity index (χ0n) is 15.7. The molecule has 0 fully saturated rings. The van der Waals surface area contributed by atoms with Crippen LogP contribution in [0.2, 0.25) is 0 Å². The largest absolute Gasteiger partial charge is 0.441 e. The normalized spacial score (nSPS) is 11.7. The van der Waals surface area contributed by atoms with Gasteiger partial charge in [-0.1, -0.05) is 19.1 Å². The lowest BCUT2D eigenvalue weighted by molar-refractivity contribution is 0.1000. The summed E-state index contributed by atoms with van der Waals surface area (Å²) in [6.45, 7) is 1.85. The fourth-order valence-corrected chi connectivity index (χ4v) is 3.45. The third kappa shape index (κ3) is 3.70. The molecule has 1 aromatic carbocycles. The number of anilines is 1. The van der Waals surface area contributed by atoms with Gasteiger partial charge in [0, 0.05) is 13.5 Å². The molecule has 1 amide bonds. The van der Waals surface area contributed by atoms with E-state index in [9.17, 15) is 17.6 Å². The molecule has 0 saturated heterocycles. The molecule has 148 valence electrons. The molecular formula is C19H20FN3O4S. The Hall–Kier alpha value is -2.94. The Kier molecular flexibility index (Phi) is 5.12. The molecule has 0 radical (unpaired) electrons. The quantitative estimate of drug-likeness (QED) is 0.678. The number of aromatic nitrogens is 1. The van der Waals surface area contributed by atoms with Gasteiger partial charge in [-0.15, -0.1) is 0 Å². The van der Waals surface area contributed by atoms with E-state index >= 15 is 0 Å². The van der Waals surface area contributed by atoms with Crippen molar-refractivity contribution in [3.8, 4) is 0 Å². The summed E-state index contributed by atoms with van der Waals surface area (Å²) in [5.74, 6) is -0.520. The van der Waals surface area contributed by atoms with Crippen LogP contribution in [0.25, 0.3) is 11.1 Å². The summed E-state index contributed by atoms with van der Waals surface area (Å²) in [5.41, 5.74) is 7.24. The number of primary amides is 1. The molecule has 2 N–H and O–H groups in total. The van der Waals surface area contributed by atoms with E-state index in [0.29, 0.717) is 23.1 Å². The van der Waals surface area contributed by atoms with E-state index in [1.165, 1.54) is 19.2 Å². The van der Waals surface area contributed by atoms with Crippen molar-refractivity contribution in [2.45, 2.75) is 19.8 Å². The predicted molar refractivity (Wildman–Crippen MR) is 104 cm³/mol. The van der Waals surface area contributed by atoms with Crippen LogP contribution in [-0.2, 0) is 22.9 Å². The number of nitrogens with two attached hydrogens (primary N) is 1. The maximum atomic E-state index is 13.1. The van der Waals surface area contributed by atoms with E-state index < -0.39 is 15.9 Å². The lowest BCUT2D eigenvalue weighted by Gasteiger charge is -2.18. The first-order chi connectivity index (χ1) is 13.1. The third-order valence-electron chi connectivity index (χ3n) is 4.51. The molecule has 7 nitrogen and oxygen atoms in total. The molecule has 0 bridgehead atoms. The fourth-order valence-electron chi connectivity index (χ4n) is 2.98. The topological polar surface area (TPSA) is 106 Å². The van der Waals surface area contributed by atoms with E-state index in [0.717, 1.165) is 16.1 Å². The number of hydrogen-bond donors (Lipinski definition) is 1. The van der Waals surface area contributed by atoms with Crippen LogP contribution in [0.1, 0.15) is 34.2 Å². The van der Waals surface area contributed by atoms with Crippen molar-refractivity contribution in [1.29, 1.82) is 0 Å². The molecule has 0 atom stereocenters. The molecule has 2 heterocycles. The van der Waals surface area contributed by atoms with Gasteiger partial charge in [0.2, 0.25) is 15.7 Å². The molecule has 0 spiro atoms. The Morgan fingerprint density at radius 2 is 1.93 bits per heavy atom. The van der Waals surface area contributed by atoms with E-state index in [1.54, 1.807) is 18.2 Å². The number of aryl methyl sites for hydroxylation is 1. The number of hydrogen-bond acceptors (Lipinski definition) is 5. The van der Waals surface area contributed by atoms with Gasteiger partial charge in [-0.25, -0.2) is 12.8 Å². The summed E-state index contributed by atoms with van der Waals surface area (Å²) in [6.07, 6.45) is 1.79. The minimum absolute atomic E-state index is 0.119. The van der Waals surface area contributed by atoms with Gasteiger partial charge >= 0.3 is 0 Å². The number of halogens is 1. The van der Waals surface area contributed by atoms with Gasteiger partial charge in [0.05, 0.1) is 17.2 Å². The maximum Gasteiger partial charge on any atom is 0.252 e. The fraction of sp³-hybridized carbons (Fsp3) is 0.263. The van der Waals surface area contributed by atoms with Crippen LogP contribution in [0.4, 0.5) is 10.2 Å². The zero-order chi connectivity index (χ0) is 20.6. The van der Waals surface area contributed by atoms with Gasteiger partial charge in [-0.3, -0.25) is 9.10 Å². The van der Waals surface area contributed by atoms with Crippen LogP contribution < -0.4 is 10.0 Å². The highest BCUT2D eigenvalue weighted by Crippen LogP contribution is 2.31. The second kappa shape index (κ2) is 7.23. The predicted octanol–water partition coefficient (Wildman–Crippen LogP) is 2.61. The van der Waals surface area contributed by atoms with Crippen molar-refractivity contribution < 1.29 is 22.0 Å². The maximum absolute atomic E-state index is 13.1. The average Bonchev–Trinajstić information content (AvgIpc) is 2.97. The number of benzene rings is 1. The van der Waals surface area contributed by atoms with Gasteiger partial charge in [-0.2, -0.15) is 4.98 Å². The Morgan fingerprint density at radius 3 is 2.46 bits per heavy atom. The lowest BCUT2D eigenvalue weighted by atomic mass is 10.0. The van der Waals surface area contributed by atoms with Gasteiger partial charge < -0.3 is 10.2 Å². The summed E-state index contributed by atoms with van der Waals surface area (Å²) >= 11 is 0. The van der Waals surface area contributed by atoms with Crippen LogP contribution >= 0.6 is 0 Å². The molecule has 3 rings (SSSR count). The van der Waals surface area contributed by atoms with Crippen LogP contribution in [0.3, 0.4) is 0 Å². The Morgan fingerprint density at radius 1 is 1.29 bits per heavy atom. The summed E-state index contributed by atoms with van der Waals surface area (Å²) in [7, 11) is -2.12. The van der Waals surface area contributed by atoms with E-state index in [4.69, 9.17) is 10.2 Å². The first-order valence-corrected chi connectivity index (χ1v) is 10.4. The number of sulfonamides is 1. The highest BCUT2D eigenvalue weighted by Gasteiger charge is 2.24. The highest BCUT2D eigenvalue weighted by atomic mass is 32.2. The molecule has 0 unspecified atom stereocenters. The Bertz CT molecular complexity index is 1150. The van der Waals surface area contributed by atoms with Crippen molar-refractivity contribution in [2.75, 3.05) is 17.6 Å². The minimum atomic E-state index is -3.53. The van der Waals surface area contributed by atoms with Gasteiger partial charge in [0.25, 0.3) is 5.91 Å². The second-order valence-electron chi connectivity index (χ2n) is 6.48. The summed E-state index contributed by atoms with van der Waals surface area (Å²) in [6, 6.07) is 7.47. The van der Waals surface area contributed by atoms with Crippen molar-refractivity contribution in [2.24, 2.45) is 5.73 Å². The molecule has 0 saturated carbocycles. The number of fused-ring (bicyclic) bond motifs is 1. The van der Waals surface area contributed by atoms with Crippen LogP contribution in [-0.4, -0.2) is 32.6 Å². The zero-order valence-corrected chi connectivity index (χ0v) is 16.5. The van der Waals surface area contributed by atoms with E-state index in [-0.39, 0.29) is 29.3 Å². The SMILES string of the molecule is CCc1cc2c(C(N)=O)c(Cc3ccc(F)cc3)oc2nc1N(C)S(C)(=O)=O. The first kappa shape index (κ1) is 19.8. The second-order valence-corrected chi connectivity index (χ2v) is 8.49. The summed E-state index contributed by atoms with van der Waals surface area (Å²) < 4.78 is 43.8. The molecule has 3 aromatic rings. The molecule has 0 aliphatic carbocycles. The number of carbonyl (C=O) groups excluding carboxylic acids is 1. The van der Waals surface area contributed by atoms with Gasteiger partial charge in [0.15, 0.2) is 0 Å². The Labute approximate surface area is 162 Å². The minimum Gasteiger partial charge on any atom is -0.441 e. The standard InChI is InChI=1S/C19H20FN3O4S/c1-4-12-10-14-16(17(21)24)15(9-11-5-7-13(20)8-6-11)27-19(14)22-18(12)23(2)28(3,25)26/h5-8,10H,4,9H2,1-3H3,(H2,21,24). The van der Waals surface area contributed by atoms with Crippen molar-refractivity contribution >= 4 is 32.8 Å². The summed E-state index contributed by atoms with van der Waals surface area (Å²) in [4.78, 5) is 16.4. The molecular weight excluding hydrogens is 385 g/mol. The monoisotopic (exact) mass is 405 g/mol. The van der Waals surface area contributed by atoms with Crippen LogP contribution in [0.15, 0.2) is 34.7 Å². The first-order valence-electron chi connectivity index (χ1n) is 8.55. The van der Waals surface area contributed by atoms with Gasteiger partial charge in [-0.05, 0) is 35.7 Å². The van der Waals surface area contributed by atoms with Crippen LogP contribution in [0, 0.1) is 5.82 Å². The average molecular weight is 405 g/mol. The number of nitrogens with zero attached hydrogens (tertiary/aromatic N) is 2. The highest BCUT2D eigenvalue weighted by molar-refractivity contribution is 7.92. The molecule has 0 aliphatic rings. The third-order valence-corrected chi connectivity index (χ3v) is 5.68. The van der Waals surface area contributed by atoms with Crippen LogP contribution in [0.5, 0.6) is 0 Å². The smallest absolute Gasteiger partial charge is 0.252 e. The molecule has 2 aromatic heterocycles. The van der Waals surface area contributed by atoms with E-state index in [2.05, 4.69) is 4.98 Å². The Balaban J connectivity index is 2.19. The molecule has 0 aliphatic heterocycles. The number of carbonyl (C=O) groups is 1.